The molecule has 0 radical (unpaired) electrons. The topological polar surface area (TPSA) is 252 Å². The summed E-state index contributed by atoms with van der Waals surface area (Å²) < 4.78 is 550. The van der Waals surface area contributed by atoms with E-state index in [9.17, 15) is 36.1 Å². The number of nitrogens with zero attached hydrogens (tertiary/aromatic N) is 6. The number of methoxy groups -OCH3 is 12. The average Bonchev–Trinajstić information content (AvgIpc) is 0.614. The lowest BCUT2D eigenvalue weighted by Gasteiger charge is -2.46. The quantitative estimate of drug-likeness (QED) is 0.0329. The minimum Gasteiger partial charge on any atom is -0.493 e. The molecule has 0 bridgehead atoms. The van der Waals surface area contributed by atoms with Crippen LogP contribution in [0.25, 0.3) is 0 Å². The van der Waals surface area contributed by atoms with E-state index in [2.05, 4.69) is 0 Å². The molecular formula is C114H174N6O18. The Morgan fingerprint density at radius 1 is 0.333 bits per heavy atom. The molecule has 24 heteroatoms. The number of aliphatic hydroxyl groups is 6. The Morgan fingerprint density at radius 2 is 0.587 bits per heavy atom. The number of hydrogen-bond acceptors (Lipinski definition) is 24. The molecule has 12 heterocycles. The summed E-state index contributed by atoms with van der Waals surface area (Å²) in [5.41, 5.74) is 0.280. The van der Waals surface area contributed by atoms with Crippen molar-refractivity contribution in [1.82, 2.24) is 29.4 Å². The Kier molecular flexibility index (Phi) is 19.4. The maximum absolute atomic E-state index is 11.4. The van der Waals surface area contributed by atoms with Gasteiger partial charge in [0.2, 0.25) is 0 Å². The average molecular weight is 1980 g/mol. The summed E-state index contributed by atoms with van der Waals surface area (Å²) >= 11 is 0. The molecule has 0 spiro atoms. The van der Waals surface area contributed by atoms with Crippen LogP contribution in [0.4, 0.5) is 0 Å². The van der Waals surface area contributed by atoms with Gasteiger partial charge in [-0.3, -0.25) is 29.4 Å². The summed E-state index contributed by atoms with van der Waals surface area (Å²) in [5.74, 6) is -17.5. The number of aryl methyl sites for hydroxylation is 3. The highest BCUT2D eigenvalue weighted by Gasteiger charge is 2.47. The van der Waals surface area contributed by atoms with E-state index in [0.717, 1.165) is 15.9 Å². The number of piperidine rings is 6. The van der Waals surface area contributed by atoms with Crippen LogP contribution in [0.3, 0.4) is 0 Å². The van der Waals surface area contributed by atoms with E-state index in [1.807, 2.05) is 41.5 Å². The lowest BCUT2D eigenvalue weighted by molar-refractivity contribution is -0.0192. The van der Waals surface area contributed by atoms with E-state index >= 15 is 0 Å². The standard InChI is InChI=1S/6C19H29NO3/c6*1-12(2)7-14-11-20-6-5-13-8-18(22-3)19(23-4)9-15(13)16(20)10-17(14)21/h6*8-9,12,14,16-17,21H,5-7,10-11H2,1-4H3/i1D3,4D3,7D2,10D2,11D2,12D,14D,16D,17D;1D3,7D2,10D2,11D2,12D,14D,16D,17D;4D3,9D,10D2,11D2,14D,16D,17D;4D3,5D2,6D2,16D;2*5D2,6D2,16D. The van der Waals surface area contributed by atoms with Crippen molar-refractivity contribution in [2.75, 3.05) is 163 Å². The molecule has 6 fully saturated rings. The first-order valence-corrected chi connectivity index (χ1v) is 46.0. The molecule has 0 aliphatic carbocycles. The second kappa shape index (κ2) is 49.1. The Morgan fingerprint density at radius 3 is 0.884 bits per heavy atom. The lowest BCUT2D eigenvalue weighted by atomic mass is 9.79. The van der Waals surface area contributed by atoms with Gasteiger partial charge in [0.15, 0.2) is 69.0 Å². The molecule has 20 atom stereocenters. The number of hydrogen-bond donors (Lipinski definition) is 6. The SMILES string of the molecule is [2H]C([2H])([2H])C([2H])(C)C([2H])([2H])C1([2H])C([2H])([2H])N2CCc3cc(OC)c(OC)cc3C2([2H])C([2H])([2H])C1([2H])O.[2H]C([2H])([2H])Oc1cc2c(cc1OC)C([2H])([2H])C([2H])([2H])N1CC(CC(C)C)C(O)CC21[2H].[2H]C([2H])([2H])Oc1cc2c(cc1OC)CCN1C([2H])([2H])C([2H])(C([2H])([2H])C([2H])(C)C([2H])([2H])[2H])C([2H])(O)C([2H])([2H])C21[2H].[2H]C12CC(O)C(CC(C)C)CN1C([2H])([2H])C([2H])([2H])c1cc(OC)c(OC)cc12.[2H]C12CC(O)C(CC(C)C)CN1C([2H])([2H])C([2H])([2H])c1cc(OC)c(OC)cc12.[2H]c1c(OC([2H])([2H])[2H])c(OC)cc2c1C1([2H])N(CC2)C([2H])([2H])C([2H])(CC(C)C)C([2H])(O)C1([2H])[2H]. The molecule has 18 rings (SSSR count). The van der Waals surface area contributed by atoms with Gasteiger partial charge in [-0.25, -0.2) is 0 Å². The first-order chi connectivity index (χ1) is 88.1. The molecule has 0 amide bonds. The van der Waals surface area contributed by atoms with Crippen LogP contribution >= 0.6 is 0 Å². The van der Waals surface area contributed by atoms with Crippen LogP contribution in [0.5, 0.6) is 69.0 Å². The zero-order valence-electron chi connectivity index (χ0n) is 140. The first-order valence-electron chi connectivity index (χ1n) is 75.0. The van der Waals surface area contributed by atoms with Crippen molar-refractivity contribution in [2.24, 2.45) is 70.9 Å². The van der Waals surface area contributed by atoms with Gasteiger partial charge in [0, 0.05) is 168 Å². The third-order valence-corrected chi connectivity index (χ3v) is 25.1. The van der Waals surface area contributed by atoms with Crippen molar-refractivity contribution in [3.05, 3.63) is 140 Å². The summed E-state index contributed by atoms with van der Waals surface area (Å²) in [6.07, 6.45) is -38.5. The van der Waals surface area contributed by atoms with E-state index in [0.29, 0.717) is 82.9 Å². The summed E-state index contributed by atoms with van der Waals surface area (Å²) in [6.45, 7) is -8.88. The maximum Gasteiger partial charge on any atom is 0.161 e. The fourth-order valence-electron chi connectivity index (χ4n) is 18.6. The number of ether oxygens (including phenoxy) is 12. The van der Waals surface area contributed by atoms with Crippen molar-refractivity contribution >= 4 is 0 Å². The Hall–Kier alpha value is -7.56. The summed E-state index contributed by atoms with van der Waals surface area (Å²) in [5, 5.41) is 66.2. The van der Waals surface area contributed by atoms with Crippen LogP contribution in [-0.4, -0.2) is 260 Å². The molecule has 24 nitrogen and oxygen atoms in total. The van der Waals surface area contributed by atoms with Gasteiger partial charge in [-0.05, 0) is 326 Å². The normalized spacial score (nSPS) is 45.9. The van der Waals surface area contributed by atoms with Crippen molar-refractivity contribution in [1.29, 1.82) is 0 Å². The van der Waals surface area contributed by atoms with Crippen molar-refractivity contribution in [3.63, 3.8) is 0 Å². The van der Waals surface area contributed by atoms with Gasteiger partial charge in [-0.15, -0.1) is 0 Å². The molecule has 20 unspecified atom stereocenters. The molecular weight excluding hydrogens is 1740 g/mol. The molecule has 138 heavy (non-hydrogen) atoms. The Labute approximate surface area is 908 Å². The predicted octanol–water partition coefficient (Wildman–Crippen LogP) is 18.2. The van der Waals surface area contributed by atoms with E-state index in [4.69, 9.17) is 131 Å². The third kappa shape index (κ3) is 25.4. The second-order valence-corrected chi connectivity index (χ2v) is 36.7. The fraction of sp³-hybridized carbons (Fsp3) is 0.684. The molecule has 0 aromatic heterocycles. The number of fused-ring (bicyclic) bond motifs is 18. The molecule has 6 aromatic rings. The van der Waals surface area contributed by atoms with Crippen LogP contribution in [0.1, 0.15) is 342 Å². The van der Waals surface area contributed by atoms with Crippen LogP contribution in [0, 0.1) is 70.9 Å². The number of rotatable bonds is 24. The van der Waals surface area contributed by atoms with E-state index < -0.39 is 269 Å². The summed E-state index contributed by atoms with van der Waals surface area (Å²) in [7, 11) is 3.28. The molecule has 12 aliphatic rings. The van der Waals surface area contributed by atoms with E-state index in [1.54, 1.807) is 26.0 Å². The highest BCUT2D eigenvalue weighted by atomic mass is 16.5. The maximum atomic E-state index is 11.4. The van der Waals surface area contributed by atoms with Crippen molar-refractivity contribution in [2.45, 2.75) is 271 Å². The van der Waals surface area contributed by atoms with E-state index in [1.165, 1.54) is 122 Å². The Bertz CT molecular complexity index is 7710. The van der Waals surface area contributed by atoms with Crippen LogP contribution in [-0.2, 0) is 38.4 Å². The highest BCUT2D eigenvalue weighted by molar-refractivity contribution is 5.55. The zero-order chi connectivity index (χ0) is 151. The largest absolute Gasteiger partial charge is 0.493 e. The smallest absolute Gasteiger partial charge is 0.161 e. The minimum absolute atomic E-state index is 0.00244. The van der Waals surface area contributed by atoms with Gasteiger partial charge in [0.1, 0.15) is 0 Å². The summed E-state index contributed by atoms with van der Waals surface area (Å²) in [6, 6.07) is -0.102. The van der Waals surface area contributed by atoms with E-state index in [-0.39, 0.29) is 186 Å². The third-order valence-electron chi connectivity index (χ3n) is 25.1. The van der Waals surface area contributed by atoms with Gasteiger partial charge in [0.05, 0.1) is 148 Å². The van der Waals surface area contributed by atoms with Crippen molar-refractivity contribution in [3.8, 4) is 69.0 Å². The molecule has 0 saturated carbocycles. The molecule has 768 valence electrons. The van der Waals surface area contributed by atoms with Gasteiger partial charge in [-0.1, -0.05) is 82.9 Å². The molecule has 6 aromatic carbocycles. The zero-order valence-corrected chi connectivity index (χ0v) is 81.7. The van der Waals surface area contributed by atoms with Crippen LogP contribution in [0.15, 0.2) is 72.8 Å². The minimum atomic E-state index is -4.20. The van der Waals surface area contributed by atoms with Crippen LogP contribution in [0.2, 0.25) is 0 Å². The number of benzene rings is 6. The van der Waals surface area contributed by atoms with Crippen LogP contribution < -0.4 is 56.8 Å². The first kappa shape index (κ1) is 54.4. The summed E-state index contributed by atoms with van der Waals surface area (Å²) in [4.78, 5) is 5.43. The van der Waals surface area contributed by atoms with Gasteiger partial charge < -0.3 is 87.5 Å². The van der Waals surface area contributed by atoms with Gasteiger partial charge in [-0.2, -0.15) is 0 Å². The monoisotopic (exact) mass is 1970 g/mol. The van der Waals surface area contributed by atoms with Gasteiger partial charge >= 0.3 is 0 Å². The second-order valence-electron chi connectivity index (χ2n) is 36.7. The molecule has 6 saturated heterocycles. The van der Waals surface area contributed by atoms with Gasteiger partial charge in [0.25, 0.3) is 0 Å². The highest BCUT2D eigenvalue weighted by Crippen LogP contribution is 2.52. The Balaban J connectivity index is 0.000000190. The number of aliphatic hydroxyl groups excluding tert-OH is 3. The fourth-order valence-corrected chi connectivity index (χ4v) is 18.6. The molecule has 6 N–H and O–H groups in total. The lowest BCUT2D eigenvalue weighted by Crippen LogP contribution is -2.48. The molecule has 12 aliphatic heterocycles. The predicted molar refractivity (Wildman–Crippen MR) is 547 cm³/mol. The van der Waals surface area contributed by atoms with Crippen molar-refractivity contribution < 1.29 is 167 Å².